The van der Waals surface area contributed by atoms with E-state index < -0.39 is 36.7 Å². The van der Waals surface area contributed by atoms with Crippen LogP contribution in [0.25, 0.3) is 0 Å². The molecule has 0 saturated carbocycles. The van der Waals surface area contributed by atoms with Crippen LogP contribution in [0, 0.1) is 0 Å². The predicted octanol–water partition coefficient (Wildman–Crippen LogP) is -3.18. The third-order valence-electron chi connectivity index (χ3n) is 1.15. The molecule has 5 N–H and O–H groups in total. The van der Waals surface area contributed by atoms with Crippen molar-refractivity contribution in [1.29, 1.82) is 0 Å². The van der Waals surface area contributed by atoms with Crippen LogP contribution in [0.1, 0.15) is 0 Å². The van der Waals surface area contributed by atoms with E-state index in [2.05, 4.69) is 10.5 Å². The number of carboxylic acids is 1. The lowest BCUT2D eigenvalue weighted by atomic mass is 10.2. The van der Waals surface area contributed by atoms with Gasteiger partial charge in [0.15, 0.2) is 18.8 Å². The molecule has 0 aliphatic rings. The number of carbonyl (C=O) groups excluding carboxylic acids is 2. The summed E-state index contributed by atoms with van der Waals surface area (Å²) in [5.41, 5.74) is 4.60. The molecule has 1 amide bonds. The maximum atomic E-state index is 10.7. The topological polar surface area (TPSA) is 147 Å². The fourth-order valence-electron chi connectivity index (χ4n) is 0.492. The van der Waals surface area contributed by atoms with Gasteiger partial charge in [-0.25, -0.2) is 9.59 Å². The van der Waals surface area contributed by atoms with Crippen molar-refractivity contribution in [2.24, 2.45) is 5.73 Å². The van der Waals surface area contributed by atoms with Crippen LogP contribution in [0.3, 0.4) is 0 Å². The van der Waals surface area contributed by atoms with E-state index in [4.69, 9.17) is 15.3 Å². The van der Waals surface area contributed by atoms with Crippen LogP contribution >= 0.6 is 0 Å². The van der Waals surface area contributed by atoms with Gasteiger partial charge in [-0.15, -0.1) is 0 Å². The standard InChI is InChI=1S/C6H9NO7/c7-2(8)1-14-6(13)4(10)3(9)5(11)12/h3-4,9-10H,1H2,(H2,7,8)(H,11,12). The Bertz CT molecular complexity index is 251. The fraction of sp³-hybridized carbons (Fsp3) is 0.500. The monoisotopic (exact) mass is 207 g/mol. The number of nitrogens with two attached hydrogens (primary N) is 1. The van der Waals surface area contributed by atoms with Crippen molar-refractivity contribution >= 4 is 17.8 Å². The van der Waals surface area contributed by atoms with Gasteiger partial charge < -0.3 is 25.8 Å². The Hall–Kier alpha value is -1.67. The van der Waals surface area contributed by atoms with Gasteiger partial charge in [0.1, 0.15) is 0 Å². The molecule has 8 nitrogen and oxygen atoms in total. The van der Waals surface area contributed by atoms with Crippen molar-refractivity contribution in [2.45, 2.75) is 12.2 Å². The van der Waals surface area contributed by atoms with Crippen molar-refractivity contribution in [3.05, 3.63) is 0 Å². The number of ether oxygens (including phenoxy) is 1. The molecule has 0 aromatic carbocycles. The second-order valence-electron chi connectivity index (χ2n) is 2.30. The number of rotatable bonds is 5. The minimum absolute atomic E-state index is 0.789. The lowest BCUT2D eigenvalue weighted by Crippen LogP contribution is -2.41. The molecule has 8 heteroatoms. The molecule has 0 aliphatic heterocycles. The number of aliphatic hydroxyl groups is 2. The first-order valence-corrected chi connectivity index (χ1v) is 3.40. The Morgan fingerprint density at radius 1 is 1.21 bits per heavy atom. The van der Waals surface area contributed by atoms with Crippen molar-refractivity contribution in [2.75, 3.05) is 6.61 Å². The third-order valence-corrected chi connectivity index (χ3v) is 1.15. The van der Waals surface area contributed by atoms with Crippen LogP contribution in [-0.2, 0) is 19.1 Å². The Labute approximate surface area is 77.9 Å². The Morgan fingerprint density at radius 3 is 2.07 bits per heavy atom. The van der Waals surface area contributed by atoms with Gasteiger partial charge in [-0.1, -0.05) is 0 Å². The summed E-state index contributed by atoms with van der Waals surface area (Å²) in [6.07, 6.45) is -4.54. The van der Waals surface area contributed by atoms with E-state index in [1.54, 1.807) is 0 Å². The number of aliphatic carboxylic acids is 1. The number of carbonyl (C=O) groups is 3. The van der Waals surface area contributed by atoms with Gasteiger partial charge in [0.05, 0.1) is 0 Å². The van der Waals surface area contributed by atoms with Crippen molar-refractivity contribution in [3.8, 4) is 0 Å². The molecule has 80 valence electrons. The number of esters is 1. The van der Waals surface area contributed by atoms with Gasteiger partial charge in [0.2, 0.25) is 0 Å². The van der Waals surface area contributed by atoms with Crippen molar-refractivity contribution in [3.63, 3.8) is 0 Å². The molecule has 2 unspecified atom stereocenters. The quantitative estimate of drug-likeness (QED) is 0.347. The highest BCUT2D eigenvalue weighted by Gasteiger charge is 2.31. The zero-order valence-corrected chi connectivity index (χ0v) is 6.91. The van der Waals surface area contributed by atoms with Crippen LogP contribution in [0.2, 0.25) is 0 Å². The summed E-state index contributed by atoms with van der Waals surface area (Å²) in [4.78, 5) is 30.9. The number of amides is 1. The van der Waals surface area contributed by atoms with Gasteiger partial charge >= 0.3 is 11.9 Å². The first-order valence-electron chi connectivity index (χ1n) is 3.40. The van der Waals surface area contributed by atoms with Crippen LogP contribution in [0.5, 0.6) is 0 Å². The Morgan fingerprint density at radius 2 is 1.71 bits per heavy atom. The second kappa shape index (κ2) is 5.14. The summed E-state index contributed by atoms with van der Waals surface area (Å²) in [7, 11) is 0. The minimum Gasteiger partial charge on any atom is -0.479 e. The van der Waals surface area contributed by atoms with E-state index in [0.29, 0.717) is 0 Å². The molecule has 0 spiro atoms. The van der Waals surface area contributed by atoms with Crippen LogP contribution in [0.4, 0.5) is 0 Å². The zero-order chi connectivity index (χ0) is 11.3. The molecular weight excluding hydrogens is 198 g/mol. The van der Waals surface area contributed by atoms with E-state index in [0.717, 1.165) is 0 Å². The second-order valence-corrected chi connectivity index (χ2v) is 2.30. The first kappa shape index (κ1) is 12.3. The number of primary amides is 1. The number of carboxylic acid groups (broad SMARTS) is 1. The maximum absolute atomic E-state index is 10.7. The summed E-state index contributed by atoms with van der Waals surface area (Å²) >= 11 is 0. The Kier molecular flexibility index (Phi) is 4.53. The van der Waals surface area contributed by atoms with E-state index in [1.165, 1.54) is 0 Å². The normalized spacial score (nSPS) is 14.1. The average Bonchev–Trinajstić information content (AvgIpc) is 2.11. The summed E-state index contributed by atoms with van der Waals surface area (Å²) in [6.45, 7) is -0.789. The molecule has 0 aromatic rings. The smallest absolute Gasteiger partial charge is 0.338 e. The predicted molar refractivity (Wildman–Crippen MR) is 39.8 cm³/mol. The lowest BCUT2D eigenvalue weighted by Gasteiger charge is -2.11. The minimum atomic E-state index is -2.30. The summed E-state index contributed by atoms with van der Waals surface area (Å²) < 4.78 is 4.05. The maximum Gasteiger partial charge on any atom is 0.338 e. The first-order chi connectivity index (χ1) is 6.36. The highest BCUT2D eigenvalue weighted by atomic mass is 16.6. The van der Waals surface area contributed by atoms with Gasteiger partial charge in [0, 0.05) is 0 Å². The van der Waals surface area contributed by atoms with Crippen LogP contribution in [-0.4, -0.2) is 52.0 Å². The molecule has 14 heavy (non-hydrogen) atoms. The highest BCUT2D eigenvalue weighted by Crippen LogP contribution is 1.96. The van der Waals surface area contributed by atoms with Crippen molar-refractivity contribution < 1.29 is 34.4 Å². The lowest BCUT2D eigenvalue weighted by molar-refractivity contribution is -0.170. The highest BCUT2D eigenvalue weighted by molar-refractivity contribution is 5.86. The van der Waals surface area contributed by atoms with Gasteiger partial charge in [-0.2, -0.15) is 0 Å². The molecule has 0 rings (SSSR count). The summed E-state index contributed by atoms with van der Waals surface area (Å²) in [5, 5.41) is 25.6. The zero-order valence-electron chi connectivity index (χ0n) is 6.91. The van der Waals surface area contributed by atoms with Crippen LogP contribution in [0.15, 0.2) is 0 Å². The third kappa shape index (κ3) is 3.83. The van der Waals surface area contributed by atoms with E-state index in [9.17, 15) is 14.4 Å². The van der Waals surface area contributed by atoms with E-state index in [-0.39, 0.29) is 0 Å². The average molecular weight is 207 g/mol. The molecule has 0 saturated heterocycles. The molecular formula is C6H9NO7. The number of hydrogen-bond donors (Lipinski definition) is 4. The van der Waals surface area contributed by atoms with Gasteiger partial charge in [-0.3, -0.25) is 4.79 Å². The van der Waals surface area contributed by atoms with E-state index >= 15 is 0 Å². The Balaban J connectivity index is 4.11. The van der Waals surface area contributed by atoms with Gasteiger partial charge in [-0.05, 0) is 0 Å². The largest absolute Gasteiger partial charge is 0.479 e. The van der Waals surface area contributed by atoms with Gasteiger partial charge in [0.25, 0.3) is 5.91 Å². The molecule has 0 bridgehead atoms. The summed E-state index contributed by atoms with van der Waals surface area (Å²) in [5.74, 6) is -4.18. The molecule has 0 aliphatic carbocycles. The van der Waals surface area contributed by atoms with Crippen molar-refractivity contribution in [1.82, 2.24) is 0 Å². The number of aliphatic hydroxyl groups excluding tert-OH is 2. The fourth-order valence-corrected chi connectivity index (χ4v) is 0.492. The molecule has 0 aromatic heterocycles. The molecule has 0 radical (unpaired) electrons. The molecule has 2 atom stereocenters. The summed E-state index contributed by atoms with van der Waals surface area (Å²) in [6, 6.07) is 0. The SMILES string of the molecule is NC(=O)COC(=O)C(O)C(O)C(=O)O. The number of hydrogen-bond acceptors (Lipinski definition) is 6. The molecule has 0 fully saturated rings. The van der Waals surface area contributed by atoms with Crippen LogP contribution < -0.4 is 5.73 Å². The molecule has 0 heterocycles. The van der Waals surface area contributed by atoms with E-state index in [1.807, 2.05) is 0 Å².